The van der Waals surface area contributed by atoms with Crippen molar-refractivity contribution in [1.82, 2.24) is 15.2 Å². The Hall–Kier alpha value is -3.09. The molecule has 1 fully saturated rings. The van der Waals surface area contributed by atoms with Crippen LogP contribution in [0.1, 0.15) is 58.9 Å². The summed E-state index contributed by atoms with van der Waals surface area (Å²) in [5, 5.41) is 3.07. The number of hydrogen-bond acceptors (Lipinski definition) is 4. The molecule has 0 aliphatic carbocycles. The van der Waals surface area contributed by atoms with Crippen LogP contribution in [0.4, 0.5) is 0 Å². The minimum atomic E-state index is -0.526. The molecule has 2 unspecified atom stereocenters. The van der Waals surface area contributed by atoms with Crippen LogP contribution in [0.5, 0.6) is 5.75 Å². The summed E-state index contributed by atoms with van der Waals surface area (Å²) in [7, 11) is 1.81. The van der Waals surface area contributed by atoms with Gasteiger partial charge in [-0.3, -0.25) is 14.4 Å². The van der Waals surface area contributed by atoms with E-state index in [0.29, 0.717) is 37.8 Å². The molecular weight excluding hydrogens is 382 g/mol. The smallest absolute Gasteiger partial charge is 0.261 e. The topological polar surface area (TPSA) is 91.5 Å². The number of likely N-dealkylation sites (tertiary alicyclic amines) is 1. The zero-order chi connectivity index (χ0) is 21.5. The summed E-state index contributed by atoms with van der Waals surface area (Å²) in [6.07, 6.45) is 2.26. The van der Waals surface area contributed by atoms with Crippen molar-refractivity contribution in [3.8, 4) is 5.75 Å². The van der Waals surface area contributed by atoms with Crippen LogP contribution in [0, 0.1) is 13.8 Å². The van der Waals surface area contributed by atoms with E-state index in [1.54, 1.807) is 24.8 Å². The van der Waals surface area contributed by atoms with Gasteiger partial charge in [0.1, 0.15) is 16.9 Å². The molecule has 7 heteroatoms. The Balaban J connectivity index is 1.66. The van der Waals surface area contributed by atoms with Gasteiger partial charge in [0.15, 0.2) is 0 Å². The maximum Gasteiger partial charge on any atom is 0.261 e. The van der Waals surface area contributed by atoms with Crippen LogP contribution in [0.3, 0.4) is 0 Å². The van der Waals surface area contributed by atoms with Crippen molar-refractivity contribution in [2.45, 2.75) is 51.2 Å². The number of pyridine rings is 1. The molecule has 1 spiro atoms. The lowest BCUT2D eigenvalue weighted by atomic mass is 9.82. The number of aromatic amines is 1. The van der Waals surface area contributed by atoms with Gasteiger partial charge < -0.3 is 19.9 Å². The first-order valence-electron chi connectivity index (χ1n) is 10.3. The first kappa shape index (κ1) is 20.2. The van der Waals surface area contributed by atoms with E-state index in [4.69, 9.17) is 4.74 Å². The molecule has 1 aromatic carbocycles. The van der Waals surface area contributed by atoms with E-state index in [0.717, 1.165) is 17.0 Å². The molecule has 2 aliphatic rings. The van der Waals surface area contributed by atoms with E-state index in [9.17, 15) is 14.4 Å². The first-order valence-corrected chi connectivity index (χ1v) is 10.3. The quantitative estimate of drug-likeness (QED) is 0.798. The van der Waals surface area contributed by atoms with Crippen LogP contribution in [0.25, 0.3) is 0 Å². The monoisotopic (exact) mass is 409 g/mol. The van der Waals surface area contributed by atoms with Gasteiger partial charge in [-0.15, -0.1) is 0 Å². The zero-order valence-electron chi connectivity index (χ0n) is 17.6. The van der Waals surface area contributed by atoms with Crippen LogP contribution >= 0.6 is 0 Å². The lowest BCUT2D eigenvalue weighted by Gasteiger charge is -2.42. The van der Waals surface area contributed by atoms with E-state index in [1.807, 2.05) is 31.3 Å². The number of aromatic nitrogens is 1. The molecule has 2 amide bonds. The van der Waals surface area contributed by atoms with Gasteiger partial charge in [0.2, 0.25) is 5.91 Å². The number of fused-ring (bicyclic) bond motifs is 1. The van der Waals surface area contributed by atoms with Gasteiger partial charge in [0.25, 0.3) is 11.5 Å². The second kappa shape index (κ2) is 7.63. The summed E-state index contributed by atoms with van der Waals surface area (Å²) in [5.74, 6) is 0.435. The summed E-state index contributed by atoms with van der Waals surface area (Å²) in [5.41, 5.74) is 1.47. The molecule has 2 aliphatic heterocycles. The van der Waals surface area contributed by atoms with Crippen molar-refractivity contribution >= 4 is 11.8 Å². The lowest BCUT2D eigenvalue weighted by molar-refractivity contribution is -0.129. The number of benzene rings is 1. The third kappa shape index (κ3) is 3.72. The minimum Gasteiger partial charge on any atom is -0.487 e. The standard InChI is InChI=1S/C23H27N3O4/c1-14-12-15(2)24-21(28)20(14)22(29)25-17-13-23(9-8-19(27)26(3)11-10-23)30-18-7-5-4-6-16(17)18/h4-7,12,17H,8-11,13H2,1-3H3,(H,24,28)(H,25,29). The van der Waals surface area contributed by atoms with Gasteiger partial charge in [-0.25, -0.2) is 0 Å². The van der Waals surface area contributed by atoms with Gasteiger partial charge in [-0.1, -0.05) is 18.2 Å². The average molecular weight is 409 g/mol. The van der Waals surface area contributed by atoms with Crippen LogP contribution in [0.2, 0.25) is 0 Å². The molecule has 0 bridgehead atoms. The van der Waals surface area contributed by atoms with Crippen LogP contribution in [-0.4, -0.2) is 40.9 Å². The largest absolute Gasteiger partial charge is 0.487 e. The second-order valence-electron chi connectivity index (χ2n) is 8.46. The van der Waals surface area contributed by atoms with Crippen molar-refractivity contribution < 1.29 is 14.3 Å². The van der Waals surface area contributed by atoms with Gasteiger partial charge in [-0.05, 0) is 38.0 Å². The number of hydrogen-bond donors (Lipinski definition) is 2. The maximum absolute atomic E-state index is 13.1. The number of H-pyrrole nitrogens is 1. The van der Waals surface area contributed by atoms with E-state index < -0.39 is 11.5 Å². The number of ether oxygens (including phenoxy) is 1. The molecule has 1 aromatic heterocycles. The highest BCUT2D eigenvalue weighted by Gasteiger charge is 2.43. The summed E-state index contributed by atoms with van der Waals surface area (Å²) < 4.78 is 6.42. The fourth-order valence-electron chi connectivity index (χ4n) is 4.57. The van der Waals surface area contributed by atoms with Crippen molar-refractivity contribution in [3.63, 3.8) is 0 Å². The Bertz CT molecular complexity index is 1060. The second-order valence-corrected chi connectivity index (χ2v) is 8.46. The molecule has 2 atom stereocenters. The highest BCUT2D eigenvalue weighted by molar-refractivity contribution is 5.95. The molecule has 0 radical (unpaired) electrons. The predicted octanol–water partition coefficient (Wildman–Crippen LogP) is 2.63. The zero-order valence-corrected chi connectivity index (χ0v) is 17.6. The number of rotatable bonds is 2. The first-order chi connectivity index (χ1) is 14.3. The fourth-order valence-corrected chi connectivity index (χ4v) is 4.57. The molecule has 3 heterocycles. The van der Waals surface area contributed by atoms with Crippen LogP contribution < -0.4 is 15.6 Å². The predicted molar refractivity (Wildman–Crippen MR) is 113 cm³/mol. The van der Waals surface area contributed by atoms with Crippen molar-refractivity contribution in [2.75, 3.05) is 13.6 Å². The van der Waals surface area contributed by atoms with Gasteiger partial charge >= 0.3 is 0 Å². The van der Waals surface area contributed by atoms with Gasteiger partial charge in [0, 0.05) is 44.1 Å². The molecule has 158 valence electrons. The van der Waals surface area contributed by atoms with Crippen LogP contribution in [-0.2, 0) is 4.79 Å². The van der Waals surface area contributed by atoms with E-state index in [-0.39, 0.29) is 23.1 Å². The number of aryl methyl sites for hydroxylation is 2. The number of carbonyl (C=O) groups excluding carboxylic acids is 2. The summed E-state index contributed by atoms with van der Waals surface area (Å²) in [4.78, 5) is 42.1. The summed E-state index contributed by atoms with van der Waals surface area (Å²) in [6.45, 7) is 4.17. The molecular formula is C23H27N3O4. The highest BCUT2D eigenvalue weighted by Crippen LogP contribution is 2.44. The number of nitrogens with one attached hydrogen (secondary N) is 2. The van der Waals surface area contributed by atoms with E-state index >= 15 is 0 Å². The molecule has 30 heavy (non-hydrogen) atoms. The summed E-state index contributed by atoms with van der Waals surface area (Å²) in [6, 6.07) is 9.14. The third-order valence-electron chi connectivity index (χ3n) is 6.22. The Labute approximate surface area is 175 Å². The van der Waals surface area contributed by atoms with Crippen molar-refractivity contribution in [1.29, 1.82) is 0 Å². The molecule has 1 saturated heterocycles. The van der Waals surface area contributed by atoms with Crippen molar-refractivity contribution in [2.24, 2.45) is 0 Å². The third-order valence-corrected chi connectivity index (χ3v) is 6.22. The minimum absolute atomic E-state index is 0.108. The Morgan fingerprint density at radius 1 is 1.23 bits per heavy atom. The fraction of sp³-hybridized carbons (Fsp3) is 0.435. The number of carbonyl (C=O) groups is 2. The Kier molecular flexibility index (Phi) is 5.13. The molecule has 7 nitrogen and oxygen atoms in total. The molecule has 2 aromatic rings. The summed E-state index contributed by atoms with van der Waals surface area (Å²) >= 11 is 0. The average Bonchev–Trinajstić information content (AvgIpc) is 2.81. The molecule has 2 N–H and O–H groups in total. The Morgan fingerprint density at radius 2 is 2.00 bits per heavy atom. The maximum atomic E-state index is 13.1. The molecule has 0 saturated carbocycles. The normalized spacial score (nSPS) is 23.5. The van der Waals surface area contributed by atoms with Crippen LogP contribution in [0.15, 0.2) is 35.1 Å². The number of amides is 2. The number of nitrogens with zero attached hydrogens (tertiary/aromatic N) is 1. The van der Waals surface area contributed by atoms with Gasteiger partial charge in [-0.2, -0.15) is 0 Å². The van der Waals surface area contributed by atoms with Crippen molar-refractivity contribution in [3.05, 3.63) is 63.1 Å². The SMILES string of the molecule is Cc1cc(C)c(C(=O)NC2CC3(CCC(=O)N(C)CC3)Oc3ccccc32)c(=O)[nH]1. The lowest BCUT2D eigenvalue weighted by Crippen LogP contribution is -2.46. The highest BCUT2D eigenvalue weighted by atomic mass is 16.5. The molecule has 4 rings (SSSR count). The van der Waals surface area contributed by atoms with Gasteiger partial charge in [0.05, 0.1) is 6.04 Å². The Morgan fingerprint density at radius 3 is 2.77 bits per heavy atom. The van der Waals surface area contributed by atoms with E-state index in [2.05, 4.69) is 10.3 Å². The number of para-hydroxylation sites is 1. The van der Waals surface area contributed by atoms with E-state index in [1.165, 1.54) is 0 Å².